The van der Waals surface area contributed by atoms with Gasteiger partial charge < -0.3 is 0 Å². The Balaban J connectivity index is 2.15. The Hall–Kier alpha value is -1.55. The second kappa shape index (κ2) is 5.68. The Morgan fingerprint density at radius 2 is 1.62 bits per heavy atom. The first-order chi connectivity index (χ1) is 10.1. The highest BCUT2D eigenvalue weighted by molar-refractivity contribution is 6.33. The molecule has 0 aliphatic carbocycles. The van der Waals surface area contributed by atoms with Crippen LogP contribution in [0.1, 0.15) is 5.56 Å². The zero-order valence-electron chi connectivity index (χ0n) is 11.0. The number of benzene rings is 2. The smallest absolute Gasteiger partial charge is 0.203 e. The van der Waals surface area contributed by atoms with Gasteiger partial charge in [-0.05, 0) is 48.4 Å². The van der Waals surface area contributed by atoms with Crippen LogP contribution in [0.5, 0.6) is 0 Å². The maximum absolute atomic E-state index is 6.21. The van der Waals surface area contributed by atoms with Crippen LogP contribution in [-0.2, 0) is 0 Å². The van der Waals surface area contributed by atoms with Crippen molar-refractivity contribution < 1.29 is 0 Å². The van der Waals surface area contributed by atoms with Crippen molar-refractivity contribution in [2.75, 3.05) is 0 Å². The topological polar surface area (TPSA) is 30.7 Å². The monoisotopic (exact) mass is 337 g/mol. The van der Waals surface area contributed by atoms with Gasteiger partial charge in [-0.2, -0.15) is 4.98 Å². The normalized spacial score (nSPS) is 10.9. The number of hydrogen-bond donors (Lipinski definition) is 0. The van der Waals surface area contributed by atoms with Crippen LogP contribution >= 0.6 is 34.8 Å². The minimum absolute atomic E-state index is 0.260. The molecule has 0 N–H and O–H groups in total. The number of rotatable bonds is 2. The van der Waals surface area contributed by atoms with Crippen molar-refractivity contribution in [1.82, 2.24) is 14.8 Å². The number of halogens is 3. The van der Waals surface area contributed by atoms with Gasteiger partial charge in [-0.15, -0.1) is 5.10 Å². The fourth-order valence-corrected chi connectivity index (χ4v) is 2.63. The third-order valence-corrected chi connectivity index (χ3v) is 4.13. The first-order valence-corrected chi connectivity index (χ1v) is 7.34. The van der Waals surface area contributed by atoms with Crippen LogP contribution in [0.2, 0.25) is 15.3 Å². The third kappa shape index (κ3) is 2.64. The summed E-state index contributed by atoms with van der Waals surface area (Å²) >= 11 is 18.5. The number of aromatic nitrogens is 3. The van der Waals surface area contributed by atoms with Gasteiger partial charge in [0, 0.05) is 10.6 Å². The van der Waals surface area contributed by atoms with E-state index in [0.717, 1.165) is 16.8 Å². The molecule has 6 heteroatoms. The summed E-state index contributed by atoms with van der Waals surface area (Å²) in [4.78, 5) is 4.28. The molecule has 106 valence electrons. The molecule has 0 amide bonds. The SMILES string of the molecule is Cc1c(Cl)cccc1-n1nc(-c2ccccc2Cl)nc1Cl. The van der Waals surface area contributed by atoms with Gasteiger partial charge in [0.2, 0.25) is 5.28 Å². The zero-order chi connectivity index (χ0) is 15.0. The van der Waals surface area contributed by atoms with Gasteiger partial charge in [-0.1, -0.05) is 41.4 Å². The maximum atomic E-state index is 6.21. The van der Waals surface area contributed by atoms with Gasteiger partial charge >= 0.3 is 0 Å². The average Bonchev–Trinajstić information content (AvgIpc) is 2.84. The van der Waals surface area contributed by atoms with Crippen molar-refractivity contribution in [1.29, 1.82) is 0 Å². The van der Waals surface area contributed by atoms with Crippen LogP contribution in [0.4, 0.5) is 0 Å². The van der Waals surface area contributed by atoms with E-state index in [4.69, 9.17) is 34.8 Å². The summed E-state index contributed by atoms with van der Waals surface area (Å²) in [5, 5.41) is 5.93. The molecule has 2 aromatic carbocycles. The van der Waals surface area contributed by atoms with Crippen molar-refractivity contribution >= 4 is 34.8 Å². The highest BCUT2D eigenvalue weighted by atomic mass is 35.5. The van der Waals surface area contributed by atoms with E-state index in [-0.39, 0.29) is 5.28 Å². The van der Waals surface area contributed by atoms with Crippen molar-refractivity contribution in [2.24, 2.45) is 0 Å². The van der Waals surface area contributed by atoms with E-state index in [1.807, 2.05) is 43.3 Å². The molecule has 3 nitrogen and oxygen atoms in total. The fraction of sp³-hybridized carbons (Fsp3) is 0.0667. The summed E-state index contributed by atoms with van der Waals surface area (Å²) in [5.41, 5.74) is 2.41. The summed E-state index contributed by atoms with van der Waals surface area (Å²) in [6.45, 7) is 1.91. The van der Waals surface area contributed by atoms with E-state index in [1.54, 1.807) is 10.7 Å². The standard InChI is InChI=1S/C15H10Cl3N3/c1-9-11(16)7-4-8-13(9)21-15(18)19-14(20-21)10-5-2-3-6-12(10)17/h2-8H,1H3. The molecule has 1 heterocycles. The quantitative estimate of drug-likeness (QED) is 0.642. The van der Waals surface area contributed by atoms with Gasteiger partial charge in [0.25, 0.3) is 0 Å². The molecule has 0 atom stereocenters. The predicted molar refractivity (Wildman–Crippen MR) is 86.6 cm³/mol. The molecule has 0 saturated carbocycles. The molecule has 3 aromatic rings. The summed E-state index contributed by atoms with van der Waals surface area (Å²) in [7, 11) is 0. The van der Waals surface area contributed by atoms with Crippen molar-refractivity contribution in [3.05, 3.63) is 63.4 Å². The minimum Gasteiger partial charge on any atom is -0.203 e. The van der Waals surface area contributed by atoms with E-state index < -0.39 is 0 Å². The largest absolute Gasteiger partial charge is 0.226 e. The van der Waals surface area contributed by atoms with E-state index >= 15 is 0 Å². The molecular weight excluding hydrogens is 329 g/mol. The first-order valence-electron chi connectivity index (χ1n) is 6.21. The van der Waals surface area contributed by atoms with Gasteiger partial charge in [-0.3, -0.25) is 0 Å². The molecule has 0 aliphatic rings. The first kappa shape index (κ1) is 14.4. The molecule has 3 rings (SSSR count). The van der Waals surface area contributed by atoms with Crippen LogP contribution in [0.15, 0.2) is 42.5 Å². The van der Waals surface area contributed by atoms with Crippen molar-refractivity contribution in [3.63, 3.8) is 0 Å². The van der Waals surface area contributed by atoms with Crippen molar-refractivity contribution in [3.8, 4) is 17.1 Å². The Morgan fingerprint density at radius 1 is 0.905 bits per heavy atom. The highest BCUT2D eigenvalue weighted by Crippen LogP contribution is 2.29. The Bertz CT molecular complexity index is 812. The lowest BCUT2D eigenvalue weighted by Gasteiger charge is -2.07. The van der Waals surface area contributed by atoms with Crippen LogP contribution in [-0.4, -0.2) is 14.8 Å². The predicted octanol–water partition coefficient (Wildman–Crippen LogP) is 5.20. The molecule has 0 unspecified atom stereocenters. The zero-order valence-corrected chi connectivity index (χ0v) is 13.3. The molecule has 0 saturated heterocycles. The van der Waals surface area contributed by atoms with E-state index in [9.17, 15) is 0 Å². The van der Waals surface area contributed by atoms with Crippen molar-refractivity contribution in [2.45, 2.75) is 6.92 Å². The summed E-state index contributed by atoms with van der Waals surface area (Å²) in [5.74, 6) is 0.477. The summed E-state index contributed by atoms with van der Waals surface area (Å²) < 4.78 is 1.56. The van der Waals surface area contributed by atoms with E-state index in [0.29, 0.717) is 15.9 Å². The van der Waals surface area contributed by atoms with E-state index in [2.05, 4.69) is 10.1 Å². The molecule has 1 aromatic heterocycles. The van der Waals surface area contributed by atoms with Crippen LogP contribution < -0.4 is 0 Å². The Morgan fingerprint density at radius 3 is 2.38 bits per heavy atom. The van der Waals surface area contributed by atoms with Gasteiger partial charge in [0.15, 0.2) is 5.82 Å². The lowest BCUT2D eigenvalue weighted by Crippen LogP contribution is -2.00. The number of hydrogen-bond acceptors (Lipinski definition) is 2. The second-order valence-corrected chi connectivity index (χ2v) is 5.63. The van der Waals surface area contributed by atoms with Crippen LogP contribution in [0, 0.1) is 6.92 Å². The minimum atomic E-state index is 0.260. The van der Waals surface area contributed by atoms with Gasteiger partial charge in [0.05, 0.1) is 10.7 Å². The van der Waals surface area contributed by atoms with E-state index in [1.165, 1.54) is 0 Å². The molecule has 21 heavy (non-hydrogen) atoms. The lowest BCUT2D eigenvalue weighted by atomic mass is 10.2. The molecular formula is C15H10Cl3N3. The molecule has 0 bridgehead atoms. The highest BCUT2D eigenvalue weighted by Gasteiger charge is 2.15. The third-order valence-electron chi connectivity index (χ3n) is 3.15. The Kier molecular flexibility index (Phi) is 3.89. The number of nitrogens with zero attached hydrogens (tertiary/aromatic N) is 3. The lowest BCUT2D eigenvalue weighted by molar-refractivity contribution is 0.875. The molecule has 0 fully saturated rings. The average molecular weight is 339 g/mol. The molecule has 0 spiro atoms. The molecule has 0 aliphatic heterocycles. The molecule has 0 radical (unpaired) electrons. The van der Waals surface area contributed by atoms with Crippen LogP contribution in [0.3, 0.4) is 0 Å². The maximum Gasteiger partial charge on any atom is 0.226 e. The van der Waals surface area contributed by atoms with Gasteiger partial charge in [-0.25, -0.2) is 4.68 Å². The van der Waals surface area contributed by atoms with Crippen LogP contribution in [0.25, 0.3) is 17.1 Å². The Labute approximate surface area is 137 Å². The fourth-order valence-electron chi connectivity index (χ4n) is 2.03. The summed E-state index contributed by atoms with van der Waals surface area (Å²) in [6.07, 6.45) is 0. The second-order valence-electron chi connectivity index (χ2n) is 4.48. The van der Waals surface area contributed by atoms with Gasteiger partial charge in [0.1, 0.15) is 0 Å². The summed E-state index contributed by atoms with van der Waals surface area (Å²) in [6, 6.07) is 12.9.